The number of thiocarbonyl (C=S) groups is 2. The summed E-state index contributed by atoms with van der Waals surface area (Å²) in [6.07, 6.45) is 0. The third-order valence-electron chi connectivity index (χ3n) is 2.14. The van der Waals surface area contributed by atoms with Crippen LogP contribution in [0.4, 0.5) is 0 Å². The van der Waals surface area contributed by atoms with E-state index in [1.54, 1.807) is 0 Å². The average Bonchev–Trinajstić information content (AvgIpc) is 1.75. The zero-order chi connectivity index (χ0) is 12.7. The first kappa shape index (κ1) is 14.7. The maximum Gasteiger partial charge on any atom is 0.284 e. The summed E-state index contributed by atoms with van der Waals surface area (Å²) in [6, 6.07) is 0. The maximum atomic E-state index is 11.4. The highest BCUT2D eigenvalue weighted by atomic mass is 32.2. The first-order chi connectivity index (χ1) is 6.39. The molecule has 5 nitrogen and oxygen atoms in total. The summed E-state index contributed by atoms with van der Waals surface area (Å²) in [7, 11) is -4.62. The van der Waals surface area contributed by atoms with Crippen LogP contribution in [-0.2, 0) is 10.1 Å². The van der Waals surface area contributed by atoms with E-state index in [0.717, 1.165) is 0 Å². The molecule has 0 aliphatic rings. The predicted octanol–water partition coefficient (Wildman–Crippen LogP) is 0.231. The largest absolute Gasteiger partial charge is 0.392 e. The van der Waals surface area contributed by atoms with Crippen molar-refractivity contribution in [3.8, 4) is 0 Å². The summed E-state index contributed by atoms with van der Waals surface area (Å²) in [5, 5.41) is 0. The first-order valence-electron chi connectivity index (χ1n) is 3.96. The van der Waals surface area contributed by atoms with Gasteiger partial charge in [-0.25, -0.2) is 0 Å². The molecule has 0 aliphatic carbocycles. The zero-order valence-electron chi connectivity index (χ0n) is 8.64. The van der Waals surface area contributed by atoms with Crippen LogP contribution in [0.25, 0.3) is 0 Å². The number of rotatable bonds is 3. The Morgan fingerprint density at radius 3 is 1.40 bits per heavy atom. The molecule has 15 heavy (non-hydrogen) atoms. The van der Waals surface area contributed by atoms with Crippen LogP contribution in [0.5, 0.6) is 0 Å². The Bertz CT molecular complexity index is 380. The minimum atomic E-state index is -4.62. The molecule has 8 heteroatoms. The molecule has 0 fully saturated rings. The molecular weight excluding hydrogens is 256 g/mol. The molecule has 0 amide bonds. The second kappa shape index (κ2) is 3.93. The van der Waals surface area contributed by atoms with Gasteiger partial charge in [-0.05, 0) is 5.41 Å². The van der Waals surface area contributed by atoms with Crippen molar-refractivity contribution in [2.45, 2.75) is 25.5 Å². The standard InChI is InChI=1S/C7H14N2O3S3/c1-6(2,3)7(4(8)13,5(9)14)15(10,11)12/h1-3H3,(H2,8,13)(H2,9,14)(H,10,11,12). The fourth-order valence-electron chi connectivity index (χ4n) is 1.50. The van der Waals surface area contributed by atoms with Gasteiger partial charge in [0.15, 0.2) is 0 Å². The fraction of sp³-hybridized carbons (Fsp3) is 0.714. The van der Waals surface area contributed by atoms with Crippen molar-refractivity contribution in [3.05, 3.63) is 0 Å². The van der Waals surface area contributed by atoms with Crippen molar-refractivity contribution < 1.29 is 13.0 Å². The van der Waals surface area contributed by atoms with E-state index in [1.165, 1.54) is 20.8 Å². The third-order valence-corrected chi connectivity index (χ3v) is 4.83. The normalized spacial score (nSPS) is 13.6. The minimum Gasteiger partial charge on any atom is -0.392 e. The average molecular weight is 270 g/mol. The quantitative estimate of drug-likeness (QED) is 0.498. The lowest BCUT2D eigenvalue weighted by Crippen LogP contribution is -2.65. The SMILES string of the molecule is CC(C)(C)C(C(N)=S)(C(N)=S)S(=O)(=O)O. The minimum absolute atomic E-state index is 0.454. The number of hydrogen-bond donors (Lipinski definition) is 3. The lowest BCUT2D eigenvalue weighted by atomic mass is 9.79. The van der Waals surface area contributed by atoms with E-state index in [0.29, 0.717) is 0 Å². The lowest BCUT2D eigenvalue weighted by Gasteiger charge is -2.39. The highest BCUT2D eigenvalue weighted by molar-refractivity contribution is 7.94. The molecule has 0 rings (SSSR count). The summed E-state index contributed by atoms with van der Waals surface area (Å²) in [4.78, 5) is -0.907. The molecule has 0 aromatic carbocycles. The van der Waals surface area contributed by atoms with Crippen molar-refractivity contribution in [2.75, 3.05) is 0 Å². The van der Waals surface area contributed by atoms with Gasteiger partial charge in [-0.1, -0.05) is 45.2 Å². The third kappa shape index (κ3) is 2.12. The molecule has 0 heterocycles. The Morgan fingerprint density at radius 1 is 1.13 bits per heavy atom. The van der Waals surface area contributed by atoms with E-state index in [2.05, 4.69) is 24.4 Å². The molecule has 5 N–H and O–H groups in total. The molecular formula is C7H14N2O3S3. The molecule has 0 aliphatic heterocycles. The van der Waals surface area contributed by atoms with E-state index in [-0.39, 0.29) is 0 Å². The lowest BCUT2D eigenvalue weighted by molar-refractivity contribution is 0.360. The number of hydrogen-bond acceptors (Lipinski definition) is 4. The van der Waals surface area contributed by atoms with Crippen LogP contribution in [0.15, 0.2) is 0 Å². The second-order valence-corrected chi connectivity index (χ2v) is 6.58. The molecule has 0 unspecified atom stereocenters. The van der Waals surface area contributed by atoms with Crippen LogP contribution in [0.1, 0.15) is 20.8 Å². The maximum absolute atomic E-state index is 11.4. The summed E-state index contributed by atoms with van der Waals surface area (Å²) >= 11 is 9.35. The Balaban J connectivity index is 6.24. The van der Waals surface area contributed by atoms with Gasteiger partial charge in [0, 0.05) is 0 Å². The predicted molar refractivity (Wildman–Crippen MR) is 67.3 cm³/mol. The van der Waals surface area contributed by atoms with Gasteiger partial charge < -0.3 is 11.5 Å². The van der Waals surface area contributed by atoms with Gasteiger partial charge in [-0.3, -0.25) is 4.55 Å². The molecule has 88 valence electrons. The van der Waals surface area contributed by atoms with Crippen LogP contribution in [0.2, 0.25) is 0 Å². The molecule has 0 radical (unpaired) electrons. The molecule has 0 atom stereocenters. The van der Waals surface area contributed by atoms with Crippen molar-refractivity contribution in [3.63, 3.8) is 0 Å². The van der Waals surface area contributed by atoms with Crippen LogP contribution in [0.3, 0.4) is 0 Å². The van der Waals surface area contributed by atoms with Crippen LogP contribution in [0, 0.1) is 5.41 Å². The van der Waals surface area contributed by atoms with E-state index in [9.17, 15) is 13.0 Å². The Labute approximate surface area is 100.0 Å². The van der Waals surface area contributed by atoms with E-state index >= 15 is 0 Å². The molecule has 0 spiro atoms. The van der Waals surface area contributed by atoms with Crippen molar-refractivity contribution in [1.29, 1.82) is 0 Å². The summed E-state index contributed by atoms with van der Waals surface area (Å²) < 4.78 is 30.0. The highest BCUT2D eigenvalue weighted by Gasteiger charge is 2.58. The van der Waals surface area contributed by atoms with E-state index in [4.69, 9.17) is 11.5 Å². The van der Waals surface area contributed by atoms with Gasteiger partial charge in [0.1, 0.15) is 9.98 Å². The Morgan fingerprint density at radius 2 is 1.40 bits per heavy atom. The zero-order valence-corrected chi connectivity index (χ0v) is 11.1. The van der Waals surface area contributed by atoms with Gasteiger partial charge in [0.2, 0.25) is 4.75 Å². The summed E-state index contributed by atoms with van der Waals surface area (Å²) in [5.74, 6) is 0. The second-order valence-electron chi connectivity index (χ2n) is 4.13. The highest BCUT2D eigenvalue weighted by Crippen LogP contribution is 2.37. The van der Waals surface area contributed by atoms with Crippen LogP contribution < -0.4 is 11.5 Å². The Hall–Kier alpha value is -0.310. The van der Waals surface area contributed by atoms with E-state index in [1.807, 2.05) is 0 Å². The van der Waals surface area contributed by atoms with Crippen molar-refractivity contribution in [2.24, 2.45) is 16.9 Å². The Kier molecular flexibility index (Phi) is 3.85. The van der Waals surface area contributed by atoms with Gasteiger partial charge in [-0.2, -0.15) is 8.42 Å². The monoisotopic (exact) mass is 270 g/mol. The van der Waals surface area contributed by atoms with Crippen molar-refractivity contribution in [1.82, 2.24) is 0 Å². The first-order valence-corrected chi connectivity index (χ1v) is 6.21. The van der Waals surface area contributed by atoms with Crippen LogP contribution >= 0.6 is 24.4 Å². The van der Waals surface area contributed by atoms with Gasteiger partial charge in [0.05, 0.1) is 0 Å². The van der Waals surface area contributed by atoms with Gasteiger partial charge >= 0.3 is 0 Å². The topological polar surface area (TPSA) is 106 Å². The molecule has 0 saturated heterocycles. The molecule has 0 bridgehead atoms. The van der Waals surface area contributed by atoms with Gasteiger partial charge in [-0.15, -0.1) is 0 Å². The fourth-order valence-corrected chi connectivity index (χ4v) is 4.31. The summed E-state index contributed by atoms with van der Waals surface area (Å²) in [6.45, 7) is 4.58. The van der Waals surface area contributed by atoms with Crippen LogP contribution in [-0.4, -0.2) is 27.7 Å². The molecule has 0 aromatic heterocycles. The van der Waals surface area contributed by atoms with Crippen molar-refractivity contribution >= 4 is 44.5 Å². The molecule has 0 saturated carbocycles. The number of nitrogens with two attached hydrogens (primary N) is 2. The van der Waals surface area contributed by atoms with Gasteiger partial charge in [0.25, 0.3) is 10.1 Å². The molecule has 0 aromatic rings. The van der Waals surface area contributed by atoms with E-state index < -0.39 is 30.3 Å². The summed E-state index contributed by atoms with van der Waals surface area (Å²) in [5.41, 5.74) is 9.71. The smallest absolute Gasteiger partial charge is 0.284 e.